The van der Waals surface area contributed by atoms with E-state index in [0.717, 1.165) is 18.4 Å². The molecule has 2 rings (SSSR count). The van der Waals surface area contributed by atoms with E-state index in [2.05, 4.69) is 19.2 Å². The van der Waals surface area contributed by atoms with E-state index in [1.54, 1.807) is 0 Å². The number of carbonyl (C=O) groups excluding carboxylic acids is 1. The maximum atomic E-state index is 12.1. The summed E-state index contributed by atoms with van der Waals surface area (Å²) in [6.07, 6.45) is 2.05. The predicted molar refractivity (Wildman–Crippen MR) is 86.9 cm³/mol. The molecule has 0 aliphatic heterocycles. The van der Waals surface area contributed by atoms with Gasteiger partial charge in [-0.1, -0.05) is 50.6 Å². The molecule has 0 radical (unpaired) electrons. The van der Waals surface area contributed by atoms with Gasteiger partial charge in [-0.15, -0.1) is 0 Å². The van der Waals surface area contributed by atoms with Gasteiger partial charge in [-0.3, -0.25) is 0 Å². The van der Waals surface area contributed by atoms with E-state index >= 15 is 0 Å². The van der Waals surface area contributed by atoms with Crippen LogP contribution in [0.3, 0.4) is 0 Å². The summed E-state index contributed by atoms with van der Waals surface area (Å²) in [5, 5.41) is 12.3. The lowest BCUT2D eigenvalue weighted by Crippen LogP contribution is -2.57. The minimum absolute atomic E-state index is 0.135. The first-order valence-electron chi connectivity index (χ1n) is 8.15. The van der Waals surface area contributed by atoms with Gasteiger partial charge in [0.15, 0.2) is 0 Å². The molecule has 0 heterocycles. The van der Waals surface area contributed by atoms with Gasteiger partial charge in [0.2, 0.25) is 0 Å². The lowest BCUT2D eigenvalue weighted by Gasteiger charge is -2.39. The van der Waals surface area contributed by atoms with Crippen molar-refractivity contribution in [2.24, 2.45) is 11.8 Å². The first-order valence-corrected chi connectivity index (χ1v) is 8.15. The number of aliphatic carboxylic acids is 1. The Bertz CT molecular complexity index is 543. The molecule has 0 saturated heterocycles. The number of carboxylic acid groups (broad SMARTS) is 1. The van der Waals surface area contributed by atoms with Crippen molar-refractivity contribution >= 4 is 12.1 Å². The SMILES string of the molecule is CC(C)C1CCCC(NC(=O)OCc2ccccc2)(C(=O)O)C1. The second-order valence-electron chi connectivity index (χ2n) is 6.67. The quantitative estimate of drug-likeness (QED) is 0.869. The minimum atomic E-state index is -1.21. The van der Waals surface area contributed by atoms with Crippen LogP contribution in [0.4, 0.5) is 4.79 Å². The van der Waals surface area contributed by atoms with Crippen LogP contribution in [-0.4, -0.2) is 22.7 Å². The molecule has 0 bridgehead atoms. The average Bonchev–Trinajstić information content (AvgIpc) is 2.54. The third-order valence-corrected chi connectivity index (χ3v) is 4.70. The van der Waals surface area contributed by atoms with E-state index in [1.165, 1.54) is 0 Å². The number of carbonyl (C=O) groups is 2. The zero-order chi connectivity index (χ0) is 16.9. The van der Waals surface area contributed by atoms with E-state index in [4.69, 9.17) is 4.74 Å². The van der Waals surface area contributed by atoms with Gasteiger partial charge in [0.1, 0.15) is 12.1 Å². The molecule has 1 aliphatic carbocycles. The van der Waals surface area contributed by atoms with E-state index in [9.17, 15) is 14.7 Å². The van der Waals surface area contributed by atoms with Crippen LogP contribution in [0.15, 0.2) is 30.3 Å². The van der Waals surface area contributed by atoms with Crippen LogP contribution in [0.5, 0.6) is 0 Å². The van der Waals surface area contributed by atoms with Crippen LogP contribution in [-0.2, 0) is 16.1 Å². The first kappa shape index (κ1) is 17.3. The monoisotopic (exact) mass is 319 g/mol. The van der Waals surface area contributed by atoms with Gasteiger partial charge in [0, 0.05) is 0 Å². The van der Waals surface area contributed by atoms with Gasteiger partial charge in [-0.2, -0.15) is 0 Å². The topological polar surface area (TPSA) is 75.6 Å². The summed E-state index contributed by atoms with van der Waals surface area (Å²) in [7, 11) is 0. The van der Waals surface area contributed by atoms with E-state index < -0.39 is 17.6 Å². The van der Waals surface area contributed by atoms with Gasteiger partial charge in [-0.25, -0.2) is 9.59 Å². The second kappa shape index (κ2) is 7.49. The lowest BCUT2D eigenvalue weighted by molar-refractivity contribution is -0.147. The third kappa shape index (κ3) is 4.47. The molecule has 5 nitrogen and oxygen atoms in total. The maximum absolute atomic E-state index is 12.1. The number of benzene rings is 1. The number of hydrogen-bond donors (Lipinski definition) is 2. The summed E-state index contributed by atoms with van der Waals surface area (Å²) in [4.78, 5) is 23.9. The number of hydrogen-bond acceptors (Lipinski definition) is 3. The molecule has 0 aromatic heterocycles. The summed E-state index contributed by atoms with van der Waals surface area (Å²) in [6, 6.07) is 9.33. The summed E-state index contributed by atoms with van der Waals surface area (Å²) in [6.45, 7) is 4.32. The van der Waals surface area contributed by atoms with Crippen molar-refractivity contribution in [2.45, 2.75) is 51.7 Å². The Labute approximate surface area is 137 Å². The molecular weight excluding hydrogens is 294 g/mol. The van der Waals surface area contributed by atoms with Crippen molar-refractivity contribution in [2.75, 3.05) is 0 Å². The Balaban J connectivity index is 1.98. The van der Waals surface area contributed by atoms with Crippen LogP contribution < -0.4 is 5.32 Å². The highest BCUT2D eigenvalue weighted by molar-refractivity contribution is 5.84. The number of nitrogens with one attached hydrogen (secondary N) is 1. The summed E-state index contributed by atoms with van der Waals surface area (Å²) < 4.78 is 5.19. The summed E-state index contributed by atoms with van der Waals surface area (Å²) in [5.74, 6) is -0.273. The molecule has 1 aliphatic rings. The molecule has 1 amide bonds. The Hall–Kier alpha value is -2.04. The zero-order valence-corrected chi connectivity index (χ0v) is 13.7. The molecule has 126 valence electrons. The fourth-order valence-electron chi connectivity index (χ4n) is 3.20. The van der Waals surface area contributed by atoms with E-state index in [-0.39, 0.29) is 6.61 Å². The molecule has 23 heavy (non-hydrogen) atoms. The normalized spacial score (nSPS) is 24.2. The van der Waals surface area contributed by atoms with Crippen molar-refractivity contribution in [3.8, 4) is 0 Å². The van der Waals surface area contributed by atoms with Crippen LogP contribution >= 0.6 is 0 Å². The van der Waals surface area contributed by atoms with Crippen molar-refractivity contribution in [1.82, 2.24) is 5.32 Å². The highest BCUT2D eigenvalue weighted by Gasteiger charge is 2.45. The molecular formula is C18H25NO4. The molecule has 1 aromatic carbocycles. The van der Waals surface area contributed by atoms with E-state index in [1.807, 2.05) is 30.3 Å². The Morgan fingerprint density at radius 3 is 2.65 bits per heavy atom. The summed E-state index contributed by atoms with van der Waals surface area (Å²) in [5.41, 5.74) is -0.336. The molecule has 5 heteroatoms. The van der Waals surface area contributed by atoms with Gasteiger partial charge >= 0.3 is 12.1 Å². The average molecular weight is 319 g/mol. The summed E-state index contributed by atoms with van der Waals surface area (Å²) >= 11 is 0. The Morgan fingerprint density at radius 2 is 2.04 bits per heavy atom. The number of ether oxygens (including phenoxy) is 1. The highest BCUT2D eigenvalue weighted by atomic mass is 16.5. The van der Waals surface area contributed by atoms with Crippen LogP contribution in [0.2, 0.25) is 0 Å². The van der Waals surface area contributed by atoms with Gasteiger partial charge in [0.05, 0.1) is 0 Å². The fourth-order valence-corrected chi connectivity index (χ4v) is 3.20. The maximum Gasteiger partial charge on any atom is 0.408 e. The number of rotatable bonds is 5. The zero-order valence-electron chi connectivity index (χ0n) is 13.7. The molecule has 2 unspecified atom stereocenters. The van der Waals surface area contributed by atoms with E-state index in [0.29, 0.717) is 24.7 Å². The van der Waals surface area contributed by atoms with Crippen molar-refractivity contribution in [3.63, 3.8) is 0 Å². The Morgan fingerprint density at radius 1 is 1.35 bits per heavy atom. The van der Waals surface area contributed by atoms with Crippen LogP contribution in [0.1, 0.15) is 45.1 Å². The second-order valence-corrected chi connectivity index (χ2v) is 6.67. The molecule has 1 fully saturated rings. The highest BCUT2D eigenvalue weighted by Crippen LogP contribution is 2.36. The van der Waals surface area contributed by atoms with Crippen LogP contribution in [0, 0.1) is 11.8 Å². The smallest absolute Gasteiger partial charge is 0.408 e. The number of carboxylic acids is 1. The molecule has 2 atom stereocenters. The molecule has 0 spiro atoms. The minimum Gasteiger partial charge on any atom is -0.480 e. The molecule has 2 N–H and O–H groups in total. The molecule has 1 saturated carbocycles. The van der Waals surface area contributed by atoms with Crippen molar-refractivity contribution in [3.05, 3.63) is 35.9 Å². The third-order valence-electron chi connectivity index (χ3n) is 4.70. The van der Waals surface area contributed by atoms with Gasteiger partial charge < -0.3 is 15.2 Å². The number of amides is 1. The van der Waals surface area contributed by atoms with Crippen LogP contribution in [0.25, 0.3) is 0 Å². The van der Waals surface area contributed by atoms with Crippen molar-refractivity contribution < 1.29 is 19.4 Å². The van der Waals surface area contributed by atoms with Gasteiger partial charge in [-0.05, 0) is 36.7 Å². The fraction of sp³-hybridized carbons (Fsp3) is 0.556. The first-order chi connectivity index (χ1) is 10.9. The largest absolute Gasteiger partial charge is 0.480 e. The number of alkyl carbamates (subject to hydrolysis) is 1. The standard InChI is InChI=1S/C18H25NO4/c1-13(2)15-9-6-10-18(11-15,16(20)21)19-17(22)23-12-14-7-4-3-5-8-14/h3-5,7-8,13,15H,6,9-12H2,1-2H3,(H,19,22)(H,20,21). The van der Waals surface area contributed by atoms with Gasteiger partial charge in [0.25, 0.3) is 0 Å². The molecule has 1 aromatic rings. The van der Waals surface area contributed by atoms with Crippen molar-refractivity contribution in [1.29, 1.82) is 0 Å². The Kier molecular flexibility index (Phi) is 5.64. The lowest BCUT2D eigenvalue weighted by atomic mass is 9.72. The predicted octanol–water partition coefficient (Wildman–Crippen LogP) is 3.58.